The van der Waals surface area contributed by atoms with Crippen LogP contribution < -0.4 is 20.3 Å². The number of ether oxygens (including phenoxy) is 2. The van der Waals surface area contributed by atoms with E-state index in [0.29, 0.717) is 17.1 Å². The first-order chi connectivity index (χ1) is 13.9. The molecule has 1 atom stereocenters. The number of nitrogens with two attached hydrogens (primary N) is 1. The van der Waals surface area contributed by atoms with Crippen LogP contribution in [-0.2, 0) is 10.2 Å². The molecular formula is C21H17N4O4-. The summed E-state index contributed by atoms with van der Waals surface area (Å²) in [4.78, 5) is 16.3. The number of aromatic nitrogens is 1. The summed E-state index contributed by atoms with van der Waals surface area (Å²) in [5.74, 6) is -0.598. The van der Waals surface area contributed by atoms with Gasteiger partial charge in [0.15, 0.2) is 11.5 Å². The molecule has 1 unspecified atom stereocenters. The predicted octanol–water partition coefficient (Wildman–Crippen LogP) is 1.78. The Kier molecular flexibility index (Phi) is 5.12. The molecule has 2 heterocycles. The first kappa shape index (κ1) is 19.7. The monoisotopic (exact) mass is 389 g/mol. The molecule has 2 N–H and O–H groups in total. The highest BCUT2D eigenvalue weighted by molar-refractivity contribution is 5.87. The molecule has 3 rings (SSSR count). The lowest BCUT2D eigenvalue weighted by Gasteiger charge is -2.34. The molecule has 0 aliphatic carbocycles. The van der Waals surface area contributed by atoms with Gasteiger partial charge in [-0.25, -0.2) is 4.98 Å². The molecule has 0 radical (unpaired) electrons. The Hall–Kier alpha value is -4.04. The number of aliphatic carboxylic acids is 1. The number of carbonyl (C=O) groups excluding carboxylic acids is 1. The summed E-state index contributed by atoms with van der Waals surface area (Å²) in [5, 5.41) is 31.7. The Labute approximate surface area is 167 Å². The van der Waals surface area contributed by atoms with Crippen molar-refractivity contribution < 1.29 is 19.4 Å². The number of benzene rings is 1. The zero-order chi connectivity index (χ0) is 21.2. The highest BCUT2D eigenvalue weighted by atomic mass is 16.7. The van der Waals surface area contributed by atoms with E-state index in [1.54, 1.807) is 25.1 Å². The molecule has 146 valence electrons. The summed E-state index contributed by atoms with van der Waals surface area (Å²) in [7, 11) is 0. The molecule has 0 saturated heterocycles. The number of hydrogen-bond acceptors (Lipinski definition) is 8. The number of carboxylic acid groups (broad SMARTS) is 1. The fourth-order valence-corrected chi connectivity index (χ4v) is 3.49. The van der Waals surface area contributed by atoms with Gasteiger partial charge in [0.1, 0.15) is 23.5 Å². The van der Waals surface area contributed by atoms with E-state index in [1.165, 1.54) is 6.08 Å². The van der Waals surface area contributed by atoms with Crippen LogP contribution in [0.1, 0.15) is 36.6 Å². The van der Waals surface area contributed by atoms with Crippen LogP contribution in [0.3, 0.4) is 0 Å². The third kappa shape index (κ3) is 3.01. The third-order valence-electron chi connectivity index (χ3n) is 5.05. The molecule has 1 aliphatic heterocycles. The van der Waals surface area contributed by atoms with E-state index in [-0.39, 0.29) is 47.8 Å². The molecule has 0 spiro atoms. The molecule has 1 aromatic carbocycles. The molecule has 0 fully saturated rings. The van der Waals surface area contributed by atoms with Gasteiger partial charge in [0.05, 0.1) is 22.6 Å². The van der Waals surface area contributed by atoms with Gasteiger partial charge < -0.3 is 25.1 Å². The van der Waals surface area contributed by atoms with E-state index in [0.717, 1.165) is 0 Å². The summed E-state index contributed by atoms with van der Waals surface area (Å²) in [6, 6.07) is 8.89. The van der Waals surface area contributed by atoms with Crippen molar-refractivity contribution in [2.24, 2.45) is 0 Å². The third-order valence-corrected chi connectivity index (χ3v) is 5.05. The van der Waals surface area contributed by atoms with Gasteiger partial charge >= 0.3 is 0 Å². The summed E-state index contributed by atoms with van der Waals surface area (Å²) in [6.45, 7) is 5.32. The van der Waals surface area contributed by atoms with Gasteiger partial charge in [-0.15, -0.1) is 6.58 Å². The van der Waals surface area contributed by atoms with Crippen LogP contribution in [0.4, 0.5) is 5.82 Å². The van der Waals surface area contributed by atoms with Crippen LogP contribution >= 0.6 is 0 Å². The maximum atomic E-state index is 12.1. The van der Waals surface area contributed by atoms with E-state index >= 15 is 0 Å². The average molecular weight is 389 g/mol. The van der Waals surface area contributed by atoms with Crippen molar-refractivity contribution in [1.82, 2.24) is 4.98 Å². The zero-order valence-electron chi connectivity index (χ0n) is 15.7. The molecule has 2 aromatic rings. The van der Waals surface area contributed by atoms with E-state index in [2.05, 4.69) is 11.6 Å². The fourth-order valence-electron chi connectivity index (χ4n) is 3.49. The van der Waals surface area contributed by atoms with E-state index in [4.69, 9.17) is 15.2 Å². The van der Waals surface area contributed by atoms with Crippen LogP contribution in [0.2, 0.25) is 0 Å². The van der Waals surface area contributed by atoms with Gasteiger partial charge in [0.25, 0.3) is 0 Å². The Morgan fingerprint density at radius 1 is 1.34 bits per heavy atom. The minimum absolute atomic E-state index is 0.0145. The van der Waals surface area contributed by atoms with E-state index in [1.807, 2.05) is 12.1 Å². The quantitative estimate of drug-likeness (QED) is 0.736. The predicted molar refractivity (Wildman–Crippen MR) is 101 cm³/mol. The molecule has 0 saturated carbocycles. The van der Waals surface area contributed by atoms with Crippen molar-refractivity contribution in [3.8, 4) is 34.8 Å². The van der Waals surface area contributed by atoms with Gasteiger partial charge in [-0.1, -0.05) is 19.1 Å². The van der Waals surface area contributed by atoms with Crippen molar-refractivity contribution >= 4 is 11.8 Å². The Bertz CT molecular complexity index is 1100. The van der Waals surface area contributed by atoms with Crippen LogP contribution in [0, 0.1) is 22.7 Å². The van der Waals surface area contributed by atoms with Crippen LogP contribution in [-0.4, -0.2) is 17.7 Å². The van der Waals surface area contributed by atoms with Crippen molar-refractivity contribution in [2.45, 2.75) is 25.2 Å². The highest BCUT2D eigenvalue weighted by Gasteiger charge is 2.37. The number of hydrogen-bond donors (Lipinski definition) is 1. The molecule has 8 nitrogen and oxygen atoms in total. The van der Waals surface area contributed by atoms with Gasteiger partial charge in [-0.05, 0) is 30.5 Å². The minimum Gasteiger partial charge on any atom is -0.549 e. The van der Waals surface area contributed by atoms with E-state index in [9.17, 15) is 20.4 Å². The maximum Gasteiger partial charge on any atom is 0.231 e. The molecular weight excluding hydrogens is 372 g/mol. The molecule has 1 aliphatic rings. The number of nitriles is 2. The van der Waals surface area contributed by atoms with Crippen LogP contribution in [0.15, 0.2) is 30.9 Å². The number of pyridine rings is 1. The standard InChI is InChI=1S/C21H18N4O4/c1-3-7-21(4-2,20(26)27)18-13(9-22)17(14(10-23)19(24)25-18)12-5-6-15-16(8-12)29-11-28-15/h3,5-6,8H,1,4,7,11H2,2H3,(H2,24,25)(H,26,27)/p-1. The number of nitrogen functional groups attached to an aromatic ring is 1. The average Bonchev–Trinajstić information content (AvgIpc) is 3.18. The maximum absolute atomic E-state index is 12.1. The van der Waals surface area contributed by atoms with Crippen LogP contribution in [0.5, 0.6) is 11.5 Å². The molecule has 1 aromatic heterocycles. The smallest absolute Gasteiger partial charge is 0.231 e. The first-order valence-electron chi connectivity index (χ1n) is 8.80. The Morgan fingerprint density at radius 2 is 2.03 bits per heavy atom. The van der Waals surface area contributed by atoms with Crippen molar-refractivity contribution in [3.63, 3.8) is 0 Å². The number of anilines is 1. The molecule has 29 heavy (non-hydrogen) atoms. The fraction of sp³-hybridized carbons (Fsp3) is 0.238. The number of carbonyl (C=O) groups is 1. The second-order valence-electron chi connectivity index (χ2n) is 6.48. The van der Waals surface area contributed by atoms with E-state index < -0.39 is 11.4 Å². The normalized spacial score (nSPS) is 13.8. The van der Waals surface area contributed by atoms with Gasteiger partial charge in [0, 0.05) is 5.56 Å². The summed E-state index contributed by atoms with van der Waals surface area (Å²) in [6.07, 6.45) is 1.51. The lowest BCUT2D eigenvalue weighted by molar-refractivity contribution is -0.314. The molecule has 0 amide bonds. The SMILES string of the molecule is C=CCC(CC)(C(=O)[O-])c1nc(N)c(C#N)c(-c2ccc3c(c2)OCO3)c1C#N. The van der Waals surface area contributed by atoms with Crippen molar-refractivity contribution in [3.05, 3.63) is 47.7 Å². The second kappa shape index (κ2) is 7.53. The topological polar surface area (TPSA) is 145 Å². The number of rotatable bonds is 6. The highest BCUT2D eigenvalue weighted by Crippen LogP contribution is 2.42. The van der Waals surface area contributed by atoms with Crippen LogP contribution in [0.25, 0.3) is 11.1 Å². The summed E-state index contributed by atoms with van der Waals surface area (Å²) >= 11 is 0. The summed E-state index contributed by atoms with van der Waals surface area (Å²) in [5.41, 5.74) is 4.93. The Balaban J connectivity index is 2.40. The Morgan fingerprint density at radius 3 is 2.62 bits per heavy atom. The molecule has 8 heteroatoms. The van der Waals surface area contributed by atoms with Gasteiger partial charge in [-0.3, -0.25) is 0 Å². The number of fused-ring (bicyclic) bond motifs is 1. The van der Waals surface area contributed by atoms with Gasteiger partial charge in [-0.2, -0.15) is 10.5 Å². The van der Waals surface area contributed by atoms with Gasteiger partial charge in [0.2, 0.25) is 6.79 Å². The molecule has 0 bridgehead atoms. The first-order valence-corrected chi connectivity index (χ1v) is 8.80. The zero-order valence-corrected chi connectivity index (χ0v) is 15.7. The van der Waals surface area contributed by atoms with Crippen molar-refractivity contribution in [2.75, 3.05) is 12.5 Å². The lowest BCUT2D eigenvalue weighted by Crippen LogP contribution is -2.46. The number of carboxylic acids is 1. The summed E-state index contributed by atoms with van der Waals surface area (Å²) < 4.78 is 10.7. The lowest BCUT2D eigenvalue weighted by atomic mass is 9.75. The second-order valence-corrected chi connectivity index (χ2v) is 6.48. The number of allylic oxidation sites excluding steroid dienone is 1. The van der Waals surface area contributed by atoms with Crippen molar-refractivity contribution in [1.29, 1.82) is 10.5 Å². The minimum atomic E-state index is -1.61. The largest absolute Gasteiger partial charge is 0.549 e. The number of nitrogens with zero attached hydrogens (tertiary/aromatic N) is 3.